The van der Waals surface area contributed by atoms with Gasteiger partial charge in [-0.3, -0.25) is 15.0 Å². The number of carbonyl (C=O) groups excluding carboxylic acids is 1. The number of nitrogens with one attached hydrogen (secondary N) is 1. The standard InChI is InChI=1S/C17H23F2N3O.ClH/c1-21-10-12-4-2-3-5-14(12)16(17(21)23)20-13-6-8-22(9-7-13)11-15(18)19;/h2-5,13,15-16,20H,6-11H2,1H3;1H. The van der Waals surface area contributed by atoms with Crippen molar-refractivity contribution in [2.75, 3.05) is 26.7 Å². The Morgan fingerprint density at radius 2 is 1.92 bits per heavy atom. The van der Waals surface area contributed by atoms with E-state index in [9.17, 15) is 13.6 Å². The van der Waals surface area contributed by atoms with Crippen LogP contribution in [0.1, 0.15) is 30.0 Å². The molecule has 7 heteroatoms. The van der Waals surface area contributed by atoms with Gasteiger partial charge in [0.25, 0.3) is 6.43 Å². The highest BCUT2D eigenvalue weighted by molar-refractivity contribution is 5.85. The first-order chi connectivity index (χ1) is 11.0. The second kappa shape index (κ2) is 8.23. The number of rotatable bonds is 4. The molecule has 0 spiro atoms. The molecular formula is C17H24ClF2N3O. The molecular weight excluding hydrogens is 336 g/mol. The molecule has 1 saturated heterocycles. The number of benzene rings is 1. The number of likely N-dealkylation sites (N-methyl/N-ethyl adjacent to an activating group) is 1. The fraction of sp³-hybridized carbons (Fsp3) is 0.588. The van der Waals surface area contributed by atoms with Gasteiger partial charge in [-0.2, -0.15) is 0 Å². The zero-order valence-corrected chi connectivity index (χ0v) is 14.6. The molecule has 0 bridgehead atoms. The predicted molar refractivity (Wildman–Crippen MR) is 91.5 cm³/mol. The molecule has 2 heterocycles. The monoisotopic (exact) mass is 359 g/mol. The van der Waals surface area contributed by atoms with Gasteiger partial charge in [0.1, 0.15) is 6.04 Å². The molecule has 1 aromatic carbocycles. The van der Waals surface area contributed by atoms with Crippen LogP contribution < -0.4 is 5.32 Å². The summed E-state index contributed by atoms with van der Waals surface area (Å²) in [5.41, 5.74) is 2.22. The maximum absolute atomic E-state index is 12.5. The summed E-state index contributed by atoms with van der Waals surface area (Å²) in [7, 11) is 1.82. The van der Waals surface area contributed by atoms with Gasteiger partial charge < -0.3 is 4.90 Å². The van der Waals surface area contributed by atoms with Crippen molar-refractivity contribution in [3.05, 3.63) is 35.4 Å². The Morgan fingerprint density at radius 3 is 2.58 bits per heavy atom. The number of alkyl halides is 2. The predicted octanol–water partition coefficient (Wildman–Crippen LogP) is 2.44. The maximum Gasteiger partial charge on any atom is 0.251 e. The average molecular weight is 360 g/mol. The van der Waals surface area contributed by atoms with Gasteiger partial charge in [0.05, 0.1) is 6.54 Å². The SMILES string of the molecule is CN1Cc2ccccc2C(NC2CCN(CC(F)F)CC2)C1=O.Cl. The number of amides is 1. The Kier molecular flexibility index (Phi) is 6.54. The largest absolute Gasteiger partial charge is 0.340 e. The number of nitrogens with zero attached hydrogens (tertiary/aromatic N) is 2. The zero-order valence-electron chi connectivity index (χ0n) is 13.8. The normalized spacial score (nSPS) is 22.4. The summed E-state index contributed by atoms with van der Waals surface area (Å²) in [5, 5.41) is 3.46. The van der Waals surface area contributed by atoms with Crippen LogP contribution in [0.2, 0.25) is 0 Å². The Morgan fingerprint density at radius 1 is 1.25 bits per heavy atom. The van der Waals surface area contributed by atoms with E-state index in [1.807, 2.05) is 25.2 Å². The molecule has 1 atom stereocenters. The van der Waals surface area contributed by atoms with E-state index in [1.54, 1.807) is 9.80 Å². The molecule has 24 heavy (non-hydrogen) atoms. The van der Waals surface area contributed by atoms with E-state index in [0.29, 0.717) is 19.6 Å². The molecule has 0 aliphatic carbocycles. The topological polar surface area (TPSA) is 35.6 Å². The summed E-state index contributed by atoms with van der Waals surface area (Å²) in [6.45, 7) is 1.79. The van der Waals surface area contributed by atoms with Gasteiger partial charge in [0.2, 0.25) is 5.91 Å². The molecule has 1 aromatic rings. The van der Waals surface area contributed by atoms with E-state index in [1.165, 1.54) is 5.56 Å². The average Bonchev–Trinajstić information content (AvgIpc) is 2.53. The van der Waals surface area contributed by atoms with Crippen molar-refractivity contribution in [3.63, 3.8) is 0 Å². The number of carbonyl (C=O) groups is 1. The molecule has 2 aliphatic rings. The first-order valence-electron chi connectivity index (χ1n) is 8.14. The third kappa shape index (κ3) is 4.23. The van der Waals surface area contributed by atoms with Crippen molar-refractivity contribution in [3.8, 4) is 0 Å². The van der Waals surface area contributed by atoms with Crippen molar-refractivity contribution in [1.29, 1.82) is 0 Å². The molecule has 134 valence electrons. The fourth-order valence-electron chi connectivity index (χ4n) is 3.52. The van der Waals surface area contributed by atoms with Gasteiger partial charge in [0, 0.05) is 19.6 Å². The number of piperidine rings is 1. The van der Waals surface area contributed by atoms with E-state index < -0.39 is 6.43 Å². The molecule has 1 N–H and O–H groups in total. The quantitative estimate of drug-likeness (QED) is 0.897. The lowest BCUT2D eigenvalue weighted by Crippen LogP contribution is -2.50. The van der Waals surface area contributed by atoms with Crippen LogP contribution in [0.15, 0.2) is 24.3 Å². The summed E-state index contributed by atoms with van der Waals surface area (Å²) in [4.78, 5) is 16.1. The Labute approximate surface area is 147 Å². The Bertz CT molecular complexity index is 565. The highest BCUT2D eigenvalue weighted by atomic mass is 35.5. The van der Waals surface area contributed by atoms with E-state index in [-0.39, 0.29) is 36.9 Å². The van der Waals surface area contributed by atoms with Gasteiger partial charge in [-0.05, 0) is 37.1 Å². The first-order valence-corrected chi connectivity index (χ1v) is 8.14. The van der Waals surface area contributed by atoms with E-state index in [0.717, 1.165) is 18.4 Å². The number of halogens is 3. The van der Waals surface area contributed by atoms with E-state index >= 15 is 0 Å². The highest BCUT2D eigenvalue weighted by Crippen LogP contribution is 2.28. The summed E-state index contributed by atoms with van der Waals surface area (Å²) in [6, 6.07) is 7.87. The highest BCUT2D eigenvalue weighted by Gasteiger charge is 2.33. The first kappa shape index (κ1) is 19.1. The molecule has 3 rings (SSSR count). The molecule has 2 aliphatic heterocycles. The number of likely N-dealkylation sites (tertiary alicyclic amines) is 1. The summed E-state index contributed by atoms with van der Waals surface area (Å²) in [6.07, 6.45) is -0.690. The van der Waals surface area contributed by atoms with Crippen molar-refractivity contribution >= 4 is 18.3 Å². The zero-order chi connectivity index (χ0) is 16.4. The minimum atomic E-state index is -2.28. The molecule has 1 fully saturated rings. The summed E-state index contributed by atoms with van der Waals surface area (Å²) in [5.74, 6) is 0.0821. The van der Waals surface area contributed by atoms with Crippen LogP contribution >= 0.6 is 12.4 Å². The van der Waals surface area contributed by atoms with Crippen LogP contribution in [-0.2, 0) is 11.3 Å². The maximum atomic E-state index is 12.5. The summed E-state index contributed by atoms with van der Waals surface area (Å²) >= 11 is 0. The van der Waals surface area contributed by atoms with Crippen LogP contribution in [-0.4, -0.2) is 54.9 Å². The lowest BCUT2D eigenvalue weighted by molar-refractivity contribution is -0.134. The lowest BCUT2D eigenvalue weighted by atomic mass is 9.93. The molecule has 0 aromatic heterocycles. The lowest BCUT2D eigenvalue weighted by Gasteiger charge is -2.37. The Hall–Kier alpha value is -1.24. The van der Waals surface area contributed by atoms with Crippen LogP contribution in [0.25, 0.3) is 0 Å². The van der Waals surface area contributed by atoms with Crippen molar-refractivity contribution in [2.45, 2.75) is 37.9 Å². The van der Waals surface area contributed by atoms with Crippen LogP contribution in [0.5, 0.6) is 0 Å². The minimum Gasteiger partial charge on any atom is -0.340 e. The second-order valence-corrected chi connectivity index (χ2v) is 6.46. The fourth-order valence-corrected chi connectivity index (χ4v) is 3.52. The van der Waals surface area contributed by atoms with Gasteiger partial charge in [-0.25, -0.2) is 8.78 Å². The molecule has 4 nitrogen and oxygen atoms in total. The molecule has 1 unspecified atom stereocenters. The number of hydrogen-bond donors (Lipinski definition) is 1. The van der Waals surface area contributed by atoms with Gasteiger partial charge in [0.15, 0.2) is 0 Å². The molecule has 0 saturated carbocycles. The van der Waals surface area contributed by atoms with E-state index in [2.05, 4.69) is 11.4 Å². The van der Waals surface area contributed by atoms with Gasteiger partial charge >= 0.3 is 0 Å². The van der Waals surface area contributed by atoms with Crippen molar-refractivity contribution < 1.29 is 13.6 Å². The van der Waals surface area contributed by atoms with Gasteiger partial charge in [-0.15, -0.1) is 12.4 Å². The van der Waals surface area contributed by atoms with Crippen LogP contribution in [0.4, 0.5) is 8.78 Å². The second-order valence-electron chi connectivity index (χ2n) is 6.46. The molecule has 0 radical (unpaired) electrons. The number of hydrogen-bond acceptors (Lipinski definition) is 3. The van der Waals surface area contributed by atoms with Crippen molar-refractivity contribution in [2.24, 2.45) is 0 Å². The smallest absolute Gasteiger partial charge is 0.251 e. The Balaban J connectivity index is 0.00000208. The van der Waals surface area contributed by atoms with Gasteiger partial charge in [-0.1, -0.05) is 24.3 Å². The van der Waals surface area contributed by atoms with Crippen LogP contribution in [0.3, 0.4) is 0 Å². The van der Waals surface area contributed by atoms with E-state index in [4.69, 9.17) is 0 Å². The van der Waals surface area contributed by atoms with Crippen LogP contribution in [0, 0.1) is 0 Å². The molecule has 1 amide bonds. The third-order valence-corrected chi connectivity index (χ3v) is 4.78. The van der Waals surface area contributed by atoms with Crippen molar-refractivity contribution in [1.82, 2.24) is 15.1 Å². The minimum absolute atomic E-state index is 0. The third-order valence-electron chi connectivity index (χ3n) is 4.78. The number of fused-ring (bicyclic) bond motifs is 1. The summed E-state index contributed by atoms with van der Waals surface area (Å²) < 4.78 is 24.9.